The quantitative estimate of drug-likeness (QED) is 0.110. The molecule has 0 unspecified atom stereocenters. The van der Waals surface area contributed by atoms with E-state index in [-0.39, 0.29) is 89.9 Å². The van der Waals surface area contributed by atoms with Crippen molar-refractivity contribution in [2.75, 3.05) is 27.3 Å². The van der Waals surface area contributed by atoms with Gasteiger partial charge in [0, 0.05) is 0 Å². The van der Waals surface area contributed by atoms with Crippen molar-refractivity contribution in [1.29, 1.82) is 10.8 Å². The van der Waals surface area contributed by atoms with Crippen LogP contribution in [-0.4, -0.2) is 62.2 Å². The van der Waals surface area contributed by atoms with E-state index in [2.05, 4.69) is 30.1 Å². The summed E-state index contributed by atoms with van der Waals surface area (Å²) in [5, 5.41) is 19.0. The Balaban J connectivity index is -0.000000144. The van der Waals surface area contributed by atoms with E-state index in [0.717, 1.165) is 0 Å². The van der Waals surface area contributed by atoms with Crippen molar-refractivity contribution in [3.63, 3.8) is 0 Å². The minimum atomic E-state index is -0.200. The first kappa shape index (κ1) is 37.6. The van der Waals surface area contributed by atoms with Crippen LogP contribution in [0.4, 0.5) is 0 Å². The Morgan fingerprint density at radius 1 is 0.870 bits per heavy atom. The average Bonchev–Trinajstić information content (AvgIpc) is 2.34. The molecule has 1 radical (unpaired) electrons. The third-order valence-corrected chi connectivity index (χ3v) is 1.56. The van der Waals surface area contributed by atoms with Crippen molar-refractivity contribution in [3.8, 4) is 0 Å². The summed E-state index contributed by atoms with van der Waals surface area (Å²) in [5.41, 5.74) is 10.9. The predicted octanol–water partition coefficient (Wildman–Crippen LogP) is -9.69. The van der Waals surface area contributed by atoms with Gasteiger partial charge in [-0.1, -0.05) is 0 Å². The van der Waals surface area contributed by atoms with Crippen LogP contribution in [0.25, 0.3) is 0 Å². The maximum Gasteiger partial charge on any atom is 2.00 e. The second-order valence-corrected chi connectivity index (χ2v) is 2.85. The van der Waals surface area contributed by atoms with Crippen LogP contribution in [0.1, 0.15) is 0 Å². The molecule has 0 rings (SSSR count). The summed E-state index contributed by atoms with van der Waals surface area (Å²) in [6, 6.07) is -0.399. The first-order chi connectivity index (χ1) is 8.49. The van der Waals surface area contributed by atoms with Crippen LogP contribution in [0.15, 0.2) is 9.98 Å². The molecule has 0 heterocycles. The monoisotopic (exact) mass is 427 g/mol. The average molecular weight is 429 g/mol. The van der Waals surface area contributed by atoms with Gasteiger partial charge in [0.05, 0.1) is 27.3 Å². The molecule has 15 heteroatoms. The second kappa shape index (κ2) is 22.8. The molecule has 0 aromatic rings. The first-order valence-corrected chi connectivity index (χ1v) is 4.88. The molecule has 0 bridgehead atoms. The summed E-state index contributed by atoms with van der Waals surface area (Å²) in [6.07, 6.45) is 0. The zero-order valence-electron chi connectivity index (χ0n) is 12.3. The fourth-order valence-electron chi connectivity index (χ4n) is 0.755. The van der Waals surface area contributed by atoms with Crippen LogP contribution >= 0.6 is 0 Å². The first-order valence-electron chi connectivity index (χ1n) is 4.88. The molecule has 0 saturated heterocycles. The molecule has 0 aromatic heterocycles. The fraction of sp³-hybridized carbons (Fsp3) is 0.500. The maximum atomic E-state index is 7.13. The molecule has 0 amide bonds. The molecule has 0 saturated carbocycles. The molecule has 0 fully saturated rings. The Morgan fingerprint density at radius 2 is 1.13 bits per heavy atom. The van der Waals surface area contributed by atoms with E-state index in [0.29, 0.717) is 0 Å². The van der Waals surface area contributed by atoms with E-state index >= 15 is 0 Å². The Kier molecular flexibility index (Phi) is 37.2. The standard InChI is InChI=1S/C8H18N8O2.2ClH.Cu.2H2O/c1-17-7(11)15-5(9)13-3-4-14-6(10)16-8(12)18-2;;;;;/h3-4H2,1-2H3,(H4,9,11,13,15)(H4,10,12,14,16);2*1H;;2*1H2/q;;;+2;;/p-2. The number of amidine groups is 2. The number of nitrogens with zero attached hydrogens (tertiary/aromatic N) is 2. The normalized spacial score (nSPS) is 9.13. The Morgan fingerprint density at radius 3 is 1.35 bits per heavy atom. The van der Waals surface area contributed by atoms with Gasteiger partial charge in [-0.3, -0.25) is 31.4 Å². The van der Waals surface area contributed by atoms with Gasteiger partial charge in [-0.25, -0.2) is 0 Å². The maximum absolute atomic E-state index is 7.13. The van der Waals surface area contributed by atoms with E-state index in [9.17, 15) is 0 Å². The van der Waals surface area contributed by atoms with Gasteiger partial charge in [0.15, 0.2) is 11.9 Å². The van der Waals surface area contributed by atoms with Crippen LogP contribution in [0.2, 0.25) is 0 Å². The summed E-state index contributed by atoms with van der Waals surface area (Å²) in [7, 11) is 2.67. The number of hydrogen-bond acceptors (Lipinski definition) is 6. The van der Waals surface area contributed by atoms with Crippen molar-refractivity contribution < 1.29 is 62.3 Å². The van der Waals surface area contributed by atoms with Crippen molar-refractivity contribution in [2.24, 2.45) is 21.5 Å². The molecule has 12 N–H and O–H groups in total. The van der Waals surface area contributed by atoms with Gasteiger partial charge in [0.1, 0.15) is 0 Å². The van der Waals surface area contributed by atoms with E-state index in [1.165, 1.54) is 14.2 Å². The third-order valence-electron chi connectivity index (χ3n) is 1.56. The molecule has 12 nitrogen and oxygen atoms in total. The molecular weight excluding hydrogens is 407 g/mol. The van der Waals surface area contributed by atoms with Gasteiger partial charge in [0.25, 0.3) is 12.0 Å². The van der Waals surface area contributed by atoms with Crippen molar-refractivity contribution >= 4 is 24.0 Å². The molecule has 143 valence electrons. The van der Waals surface area contributed by atoms with Gasteiger partial charge < -0.3 is 56.7 Å². The number of hydrogen-bond donors (Lipinski definition) is 6. The molecule has 0 spiro atoms. The van der Waals surface area contributed by atoms with Crippen molar-refractivity contribution in [2.45, 2.75) is 0 Å². The molecule has 0 atom stereocenters. The van der Waals surface area contributed by atoms with Crippen LogP contribution < -0.4 is 46.9 Å². The minimum absolute atomic E-state index is 0. The molecule has 23 heavy (non-hydrogen) atoms. The van der Waals surface area contributed by atoms with Gasteiger partial charge >= 0.3 is 17.1 Å². The fourth-order valence-corrected chi connectivity index (χ4v) is 0.755. The topological polar surface area (TPSA) is 230 Å². The molecule has 0 aliphatic carbocycles. The SMILES string of the molecule is COC(=N)NC(N)=NCCN=C(N)NC(=N)OC.O.O.[Cl-].[Cl-].[Cu+2]. The largest absolute Gasteiger partial charge is 2.00 e. The molecular formula is C8H22Cl2CuN8O4. The Hall–Kier alpha value is -1.50. The van der Waals surface area contributed by atoms with E-state index in [4.69, 9.17) is 22.3 Å². The molecule has 0 aromatic carbocycles. The van der Waals surface area contributed by atoms with Crippen LogP contribution in [0, 0.1) is 10.8 Å². The third kappa shape index (κ3) is 22.9. The van der Waals surface area contributed by atoms with E-state index < -0.39 is 0 Å². The number of methoxy groups -OCH3 is 2. The number of halogens is 2. The smallest absolute Gasteiger partial charge is 1.00 e. The van der Waals surface area contributed by atoms with Gasteiger partial charge in [-0.05, 0) is 0 Å². The Bertz CT molecular complexity index is 338. The summed E-state index contributed by atoms with van der Waals surface area (Å²) < 4.78 is 9.08. The molecule has 0 aliphatic rings. The van der Waals surface area contributed by atoms with Gasteiger partial charge in [-0.15, -0.1) is 0 Å². The van der Waals surface area contributed by atoms with Crippen molar-refractivity contribution in [1.82, 2.24) is 10.6 Å². The number of guanidine groups is 2. The minimum Gasteiger partial charge on any atom is -1.00 e. The van der Waals surface area contributed by atoms with E-state index in [1.807, 2.05) is 0 Å². The Labute approximate surface area is 156 Å². The second-order valence-electron chi connectivity index (χ2n) is 2.85. The number of nitrogens with two attached hydrogens (primary N) is 2. The van der Waals surface area contributed by atoms with Crippen LogP contribution in [0.3, 0.4) is 0 Å². The number of ether oxygens (including phenoxy) is 2. The van der Waals surface area contributed by atoms with Crippen molar-refractivity contribution in [3.05, 3.63) is 0 Å². The number of aliphatic imine (C=N–C) groups is 2. The summed E-state index contributed by atoms with van der Waals surface area (Å²) in [5.74, 6) is 0.0985. The number of nitrogens with one attached hydrogen (secondary N) is 4. The number of rotatable bonds is 3. The summed E-state index contributed by atoms with van der Waals surface area (Å²) >= 11 is 0. The van der Waals surface area contributed by atoms with E-state index in [1.54, 1.807) is 0 Å². The zero-order chi connectivity index (χ0) is 14.0. The van der Waals surface area contributed by atoms with Gasteiger partial charge in [0.2, 0.25) is 0 Å². The predicted molar refractivity (Wildman–Crippen MR) is 75.9 cm³/mol. The van der Waals surface area contributed by atoms with Crippen LogP contribution in [-0.2, 0) is 26.5 Å². The summed E-state index contributed by atoms with van der Waals surface area (Å²) in [6.45, 7) is 0.553. The summed E-state index contributed by atoms with van der Waals surface area (Å²) in [4.78, 5) is 7.74. The zero-order valence-corrected chi connectivity index (χ0v) is 14.8. The molecule has 0 aliphatic heterocycles. The van der Waals surface area contributed by atoms with Crippen LogP contribution in [0.5, 0.6) is 0 Å². The van der Waals surface area contributed by atoms with Gasteiger partial charge in [-0.2, -0.15) is 0 Å².